The molecule has 0 aliphatic carbocycles. The Labute approximate surface area is 157 Å². The SMILES string of the molecule is CC(C)c1cc(N2CCCC(CO)(CCCc3ccccc3)C2)ncn1. The Morgan fingerprint density at radius 2 is 2.00 bits per heavy atom. The van der Waals surface area contributed by atoms with Crippen LogP contribution in [0.4, 0.5) is 5.82 Å². The van der Waals surface area contributed by atoms with Crippen LogP contribution in [0.15, 0.2) is 42.7 Å². The molecular weight excluding hydrogens is 322 g/mol. The van der Waals surface area contributed by atoms with Gasteiger partial charge in [0.1, 0.15) is 12.1 Å². The van der Waals surface area contributed by atoms with Crippen LogP contribution in [0.5, 0.6) is 0 Å². The van der Waals surface area contributed by atoms with Crippen molar-refractivity contribution in [2.45, 2.75) is 51.9 Å². The normalized spacial score (nSPS) is 20.5. The average Bonchev–Trinajstić information content (AvgIpc) is 2.69. The van der Waals surface area contributed by atoms with E-state index in [1.54, 1.807) is 6.33 Å². The van der Waals surface area contributed by atoms with E-state index in [2.05, 4.69) is 65.1 Å². The molecule has 0 bridgehead atoms. The lowest BCUT2D eigenvalue weighted by atomic mass is 9.76. The third-order valence-electron chi connectivity index (χ3n) is 5.60. The molecule has 0 radical (unpaired) electrons. The second-order valence-corrected chi connectivity index (χ2v) is 7.98. The molecule has 4 heteroatoms. The number of aliphatic hydroxyl groups is 1. The molecule has 1 aliphatic rings. The summed E-state index contributed by atoms with van der Waals surface area (Å²) in [6, 6.07) is 12.7. The first kappa shape index (κ1) is 18.8. The van der Waals surface area contributed by atoms with Crippen LogP contribution in [0, 0.1) is 5.41 Å². The molecule has 0 spiro atoms. The van der Waals surface area contributed by atoms with E-state index in [4.69, 9.17) is 0 Å². The molecule has 1 fully saturated rings. The maximum Gasteiger partial charge on any atom is 0.132 e. The molecule has 1 N–H and O–H groups in total. The number of nitrogens with zero attached hydrogens (tertiary/aromatic N) is 3. The minimum atomic E-state index is -0.0179. The summed E-state index contributed by atoms with van der Waals surface area (Å²) in [5.41, 5.74) is 2.44. The molecule has 140 valence electrons. The predicted molar refractivity (Wildman–Crippen MR) is 106 cm³/mol. The standard InChI is InChI=1S/C22H31N3O/c1-18(2)20-14-21(24-17-23-20)25-13-7-12-22(15-25,16-26)11-6-10-19-8-4-3-5-9-19/h3-5,8-9,14,17-18,26H,6-7,10-13,15-16H2,1-2H3. The van der Waals surface area contributed by atoms with Crippen LogP contribution in [0.3, 0.4) is 0 Å². The van der Waals surface area contributed by atoms with E-state index in [1.165, 1.54) is 5.56 Å². The van der Waals surface area contributed by atoms with Gasteiger partial charge in [0.2, 0.25) is 0 Å². The summed E-state index contributed by atoms with van der Waals surface area (Å²) < 4.78 is 0. The van der Waals surface area contributed by atoms with Crippen molar-refractivity contribution in [1.82, 2.24) is 9.97 Å². The fraction of sp³-hybridized carbons (Fsp3) is 0.545. The monoisotopic (exact) mass is 353 g/mol. The lowest BCUT2D eigenvalue weighted by molar-refractivity contribution is 0.0938. The summed E-state index contributed by atoms with van der Waals surface area (Å²) in [6.07, 6.45) is 7.11. The third kappa shape index (κ3) is 4.61. The number of aryl methyl sites for hydroxylation is 1. The maximum absolute atomic E-state index is 10.2. The van der Waals surface area contributed by atoms with E-state index in [1.807, 2.05) is 0 Å². The Balaban J connectivity index is 1.65. The number of rotatable bonds is 7. The Hall–Kier alpha value is -1.94. The highest BCUT2D eigenvalue weighted by Gasteiger charge is 2.35. The van der Waals surface area contributed by atoms with Crippen LogP contribution in [0.25, 0.3) is 0 Å². The Bertz CT molecular complexity index is 689. The van der Waals surface area contributed by atoms with Crippen LogP contribution in [0.1, 0.15) is 56.7 Å². The fourth-order valence-corrected chi connectivity index (χ4v) is 3.98. The van der Waals surface area contributed by atoms with Crippen molar-refractivity contribution in [1.29, 1.82) is 0 Å². The molecule has 2 heterocycles. The van der Waals surface area contributed by atoms with Crippen molar-refractivity contribution in [3.05, 3.63) is 54.0 Å². The zero-order chi connectivity index (χ0) is 18.4. The van der Waals surface area contributed by atoms with Crippen LogP contribution >= 0.6 is 0 Å². The molecule has 1 aromatic carbocycles. The number of hydrogen-bond acceptors (Lipinski definition) is 4. The smallest absolute Gasteiger partial charge is 0.132 e. The van der Waals surface area contributed by atoms with Crippen molar-refractivity contribution in [3.8, 4) is 0 Å². The van der Waals surface area contributed by atoms with E-state index in [-0.39, 0.29) is 12.0 Å². The van der Waals surface area contributed by atoms with Crippen molar-refractivity contribution in [3.63, 3.8) is 0 Å². The largest absolute Gasteiger partial charge is 0.396 e. The first-order chi connectivity index (χ1) is 12.6. The zero-order valence-corrected chi connectivity index (χ0v) is 16.1. The summed E-state index contributed by atoms with van der Waals surface area (Å²) in [5, 5.41) is 10.2. The minimum Gasteiger partial charge on any atom is -0.396 e. The molecule has 1 saturated heterocycles. The summed E-state index contributed by atoms with van der Waals surface area (Å²) in [4.78, 5) is 11.2. The van der Waals surface area contributed by atoms with E-state index >= 15 is 0 Å². The minimum absolute atomic E-state index is 0.0179. The first-order valence-electron chi connectivity index (χ1n) is 9.84. The summed E-state index contributed by atoms with van der Waals surface area (Å²) >= 11 is 0. The molecule has 1 aliphatic heterocycles. The second-order valence-electron chi connectivity index (χ2n) is 7.98. The fourth-order valence-electron chi connectivity index (χ4n) is 3.98. The number of piperidine rings is 1. The molecule has 3 rings (SSSR count). The van der Waals surface area contributed by atoms with Gasteiger partial charge in [0.25, 0.3) is 0 Å². The van der Waals surface area contributed by atoms with Crippen LogP contribution in [0.2, 0.25) is 0 Å². The van der Waals surface area contributed by atoms with E-state index < -0.39 is 0 Å². The Morgan fingerprint density at radius 3 is 2.73 bits per heavy atom. The Morgan fingerprint density at radius 1 is 1.19 bits per heavy atom. The molecule has 0 saturated carbocycles. The number of hydrogen-bond donors (Lipinski definition) is 1. The zero-order valence-electron chi connectivity index (χ0n) is 16.1. The molecule has 1 aromatic heterocycles. The predicted octanol–water partition coefficient (Wildman–Crippen LogP) is 4.20. The lowest BCUT2D eigenvalue weighted by Gasteiger charge is -2.42. The first-order valence-corrected chi connectivity index (χ1v) is 9.84. The summed E-state index contributed by atoms with van der Waals surface area (Å²) in [5.74, 6) is 1.40. The maximum atomic E-state index is 10.2. The second kappa shape index (κ2) is 8.63. The topological polar surface area (TPSA) is 49.2 Å². The van der Waals surface area contributed by atoms with Gasteiger partial charge in [-0.1, -0.05) is 44.2 Å². The van der Waals surface area contributed by atoms with Crippen molar-refractivity contribution < 1.29 is 5.11 Å². The lowest BCUT2D eigenvalue weighted by Crippen LogP contribution is -2.46. The summed E-state index contributed by atoms with van der Waals surface area (Å²) in [7, 11) is 0. The van der Waals surface area contributed by atoms with Gasteiger partial charge in [0, 0.05) is 30.3 Å². The molecule has 1 atom stereocenters. The summed E-state index contributed by atoms with van der Waals surface area (Å²) in [6.45, 7) is 6.45. The molecule has 2 aromatic rings. The van der Waals surface area contributed by atoms with Crippen molar-refractivity contribution >= 4 is 5.82 Å². The van der Waals surface area contributed by atoms with E-state index in [0.717, 1.165) is 56.7 Å². The average molecular weight is 354 g/mol. The molecule has 0 amide bonds. The van der Waals surface area contributed by atoms with Gasteiger partial charge in [-0.3, -0.25) is 0 Å². The van der Waals surface area contributed by atoms with Crippen LogP contribution in [-0.4, -0.2) is 34.8 Å². The highest BCUT2D eigenvalue weighted by molar-refractivity contribution is 5.40. The van der Waals surface area contributed by atoms with E-state index in [9.17, 15) is 5.11 Å². The molecule has 26 heavy (non-hydrogen) atoms. The van der Waals surface area contributed by atoms with Gasteiger partial charge in [-0.25, -0.2) is 9.97 Å². The van der Waals surface area contributed by atoms with Crippen LogP contribution < -0.4 is 4.90 Å². The number of aliphatic hydroxyl groups excluding tert-OH is 1. The van der Waals surface area contributed by atoms with Gasteiger partial charge >= 0.3 is 0 Å². The quantitative estimate of drug-likeness (QED) is 0.810. The number of benzene rings is 1. The van der Waals surface area contributed by atoms with Crippen LogP contribution in [-0.2, 0) is 6.42 Å². The number of aromatic nitrogens is 2. The van der Waals surface area contributed by atoms with Gasteiger partial charge in [-0.15, -0.1) is 0 Å². The highest BCUT2D eigenvalue weighted by Crippen LogP contribution is 2.36. The van der Waals surface area contributed by atoms with Gasteiger partial charge in [-0.2, -0.15) is 0 Å². The highest BCUT2D eigenvalue weighted by atomic mass is 16.3. The van der Waals surface area contributed by atoms with Gasteiger partial charge in [0.05, 0.1) is 6.61 Å². The van der Waals surface area contributed by atoms with Crippen molar-refractivity contribution in [2.24, 2.45) is 5.41 Å². The Kier molecular flexibility index (Phi) is 6.25. The molecule has 1 unspecified atom stereocenters. The molecule has 4 nitrogen and oxygen atoms in total. The third-order valence-corrected chi connectivity index (χ3v) is 5.60. The van der Waals surface area contributed by atoms with Gasteiger partial charge < -0.3 is 10.0 Å². The number of anilines is 1. The van der Waals surface area contributed by atoms with Gasteiger partial charge in [-0.05, 0) is 43.6 Å². The van der Waals surface area contributed by atoms with Crippen molar-refractivity contribution in [2.75, 3.05) is 24.6 Å². The van der Waals surface area contributed by atoms with E-state index in [0.29, 0.717) is 5.92 Å². The molecular formula is C22H31N3O. The van der Waals surface area contributed by atoms with Gasteiger partial charge in [0.15, 0.2) is 0 Å².